The highest BCUT2D eigenvalue weighted by Crippen LogP contribution is 2.29. The Morgan fingerprint density at radius 3 is 2.47 bits per heavy atom. The fourth-order valence-electron chi connectivity index (χ4n) is 4.19. The first-order valence-corrected chi connectivity index (χ1v) is 9.97. The van der Waals surface area contributed by atoms with Gasteiger partial charge in [0.25, 0.3) is 5.91 Å². The maximum Gasteiger partial charge on any atom is 0.254 e. The number of nitrogens with zero attached hydrogens (tertiary/aromatic N) is 4. The van der Waals surface area contributed by atoms with Gasteiger partial charge in [0, 0.05) is 64.0 Å². The Bertz CT molecular complexity index is 926. The third-order valence-corrected chi connectivity index (χ3v) is 5.98. The van der Waals surface area contributed by atoms with Crippen LogP contribution in [0.4, 0.5) is 4.39 Å². The summed E-state index contributed by atoms with van der Waals surface area (Å²) in [6.45, 7) is 4.99. The zero-order chi connectivity index (χ0) is 20.5. The van der Waals surface area contributed by atoms with Gasteiger partial charge in [-0.25, -0.2) is 4.39 Å². The van der Waals surface area contributed by atoms with Gasteiger partial charge in [-0.1, -0.05) is 6.07 Å². The molecule has 0 bridgehead atoms. The van der Waals surface area contributed by atoms with Gasteiger partial charge < -0.3 is 15.1 Å². The first kappa shape index (κ1) is 22.2. The summed E-state index contributed by atoms with van der Waals surface area (Å²) in [7, 11) is 1.87. The van der Waals surface area contributed by atoms with Crippen LogP contribution in [0.5, 0.6) is 0 Å². The number of hydrogen-bond donors (Lipinski definition) is 1. The van der Waals surface area contributed by atoms with Crippen molar-refractivity contribution in [2.24, 2.45) is 13.0 Å². The number of halogens is 2. The van der Waals surface area contributed by atoms with Crippen LogP contribution < -0.4 is 5.32 Å². The molecule has 1 N–H and O–H groups in total. The molecule has 7 nitrogen and oxygen atoms in total. The molecule has 2 aliphatic heterocycles. The van der Waals surface area contributed by atoms with Crippen molar-refractivity contribution in [1.29, 1.82) is 0 Å². The Morgan fingerprint density at radius 2 is 1.83 bits per heavy atom. The summed E-state index contributed by atoms with van der Waals surface area (Å²) in [6.07, 6.45) is 3.80. The van der Waals surface area contributed by atoms with Gasteiger partial charge in [0.05, 0.1) is 12.1 Å². The van der Waals surface area contributed by atoms with E-state index >= 15 is 0 Å². The Kier molecular flexibility index (Phi) is 6.77. The maximum absolute atomic E-state index is 13.8. The Hall–Kier alpha value is -2.45. The van der Waals surface area contributed by atoms with Gasteiger partial charge in [0.15, 0.2) is 0 Å². The lowest BCUT2D eigenvalue weighted by Crippen LogP contribution is -2.52. The van der Waals surface area contributed by atoms with E-state index in [2.05, 4.69) is 10.4 Å². The van der Waals surface area contributed by atoms with Gasteiger partial charge in [-0.2, -0.15) is 5.10 Å². The summed E-state index contributed by atoms with van der Waals surface area (Å²) in [5.41, 5.74) is 1.95. The lowest BCUT2D eigenvalue weighted by molar-refractivity contribution is -0.136. The molecule has 9 heteroatoms. The lowest BCUT2D eigenvalue weighted by Gasteiger charge is -2.36. The Balaban J connectivity index is 0.00000256. The number of carbonyl (C=O) groups excluding carboxylic acids is 2. The highest BCUT2D eigenvalue weighted by molar-refractivity contribution is 5.94. The number of rotatable bonds is 3. The minimum atomic E-state index is -0.375. The zero-order valence-electron chi connectivity index (χ0n) is 17.2. The molecule has 162 valence electrons. The summed E-state index contributed by atoms with van der Waals surface area (Å²) in [5.74, 6) is -0.442. The fourth-order valence-corrected chi connectivity index (χ4v) is 4.19. The standard InChI is InChI=1S/C21H26FN5O2.ClH/c1-14-3-4-15(9-19(14)22)20(28)26-5-7-27(8-6-26)21(29)18-12-23-11-17(18)16-10-24-25(2)13-16;/h3-4,9-10,13,17-18,23H,5-8,11-12H2,1-2H3;1H/t17-,18+;/m1./s1. The highest BCUT2D eigenvalue weighted by Gasteiger charge is 2.38. The van der Waals surface area contributed by atoms with Crippen LogP contribution >= 0.6 is 12.4 Å². The quantitative estimate of drug-likeness (QED) is 0.794. The van der Waals surface area contributed by atoms with Gasteiger partial charge in [0.1, 0.15) is 5.82 Å². The summed E-state index contributed by atoms with van der Waals surface area (Å²) in [6, 6.07) is 4.56. The number of piperazine rings is 1. The minimum Gasteiger partial charge on any atom is -0.339 e. The summed E-state index contributed by atoms with van der Waals surface area (Å²) in [4.78, 5) is 29.3. The summed E-state index contributed by atoms with van der Waals surface area (Å²) in [5, 5.41) is 7.55. The van der Waals surface area contributed by atoms with E-state index in [4.69, 9.17) is 0 Å². The average molecular weight is 436 g/mol. The number of amides is 2. The van der Waals surface area contributed by atoms with Crippen molar-refractivity contribution in [2.45, 2.75) is 12.8 Å². The number of nitrogens with one attached hydrogen (secondary N) is 1. The molecule has 2 saturated heterocycles. The molecule has 0 aliphatic carbocycles. The molecule has 1 aromatic heterocycles. The third-order valence-electron chi connectivity index (χ3n) is 5.98. The molecule has 4 rings (SSSR count). The lowest BCUT2D eigenvalue weighted by atomic mass is 9.89. The number of hydrogen-bond acceptors (Lipinski definition) is 4. The van der Waals surface area contributed by atoms with Gasteiger partial charge in [-0.3, -0.25) is 14.3 Å². The van der Waals surface area contributed by atoms with Gasteiger partial charge in [-0.15, -0.1) is 12.4 Å². The van der Waals surface area contributed by atoms with Crippen LogP contribution in [0.1, 0.15) is 27.4 Å². The number of aryl methyl sites for hydroxylation is 2. The predicted molar refractivity (Wildman–Crippen MR) is 113 cm³/mol. The van der Waals surface area contributed by atoms with E-state index in [1.54, 1.807) is 28.6 Å². The maximum atomic E-state index is 13.8. The van der Waals surface area contributed by atoms with Crippen LogP contribution in [-0.2, 0) is 11.8 Å². The van der Waals surface area contributed by atoms with E-state index in [1.807, 2.05) is 24.3 Å². The number of carbonyl (C=O) groups is 2. The highest BCUT2D eigenvalue weighted by atomic mass is 35.5. The summed E-state index contributed by atoms with van der Waals surface area (Å²) >= 11 is 0. The second-order valence-electron chi connectivity index (χ2n) is 7.90. The Labute approximate surface area is 181 Å². The molecule has 0 spiro atoms. The van der Waals surface area contributed by atoms with E-state index < -0.39 is 0 Å². The molecule has 2 aromatic rings. The molecular formula is C21H27ClFN5O2. The molecule has 2 fully saturated rings. The van der Waals surface area contributed by atoms with E-state index in [-0.39, 0.29) is 41.9 Å². The number of aromatic nitrogens is 2. The first-order valence-electron chi connectivity index (χ1n) is 9.97. The first-order chi connectivity index (χ1) is 13.9. The van der Waals surface area contributed by atoms with Crippen molar-refractivity contribution in [1.82, 2.24) is 24.9 Å². The molecule has 1 aromatic carbocycles. The van der Waals surface area contributed by atoms with Crippen molar-refractivity contribution in [3.8, 4) is 0 Å². The zero-order valence-corrected chi connectivity index (χ0v) is 18.0. The van der Waals surface area contributed by atoms with Crippen molar-refractivity contribution in [2.75, 3.05) is 39.3 Å². The van der Waals surface area contributed by atoms with Gasteiger partial charge in [0.2, 0.25) is 5.91 Å². The van der Waals surface area contributed by atoms with Crippen molar-refractivity contribution < 1.29 is 14.0 Å². The normalized spacial score (nSPS) is 21.4. The smallest absolute Gasteiger partial charge is 0.254 e. The van der Waals surface area contributed by atoms with E-state index in [0.29, 0.717) is 43.9 Å². The molecule has 3 heterocycles. The molecule has 2 amide bonds. The molecular weight excluding hydrogens is 409 g/mol. The van der Waals surface area contributed by atoms with Crippen LogP contribution in [0.3, 0.4) is 0 Å². The molecule has 0 radical (unpaired) electrons. The average Bonchev–Trinajstić information content (AvgIpc) is 3.38. The van der Waals surface area contributed by atoms with E-state index in [1.165, 1.54) is 6.07 Å². The summed E-state index contributed by atoms with van der Waals surface area (Å²) < 4.78 is 15.5. The predicted octanol–water partition coefficient (Wildman–Crippen LogP) is 1.58. The van der Waals surface area contributed by atoms with Crippen LogP contribution in [0.2, 0.25) is 0 Å². The van der Waals surface area contributed by atoms with Crippen molar-refractivity contribution in [3.63, 3.8) is 0 Å². The van der Waals surface area contributed by atoms with Crippen molar-refractivity contribution >= 4 is 24.2 Å². The SMILES string of the molecule is Cc1ccc(C(=O)N2CCN(C(=O)[C@H]3CNC[C@@H]3c3cnn(C)c3)CC2)cc1F.Cl. The number of benzene rings is 1. The molecule has 2 atom stereocenters. The van der Waals surface area contributed by atoms with Crippen LogP contribution in [0.25, 0.3) is 0 Å². The second-order valence-corrected chi connectivity index (χ2v) is 7.90. The van der Waals surface area contributed by atoms with E-state index in [0.717, 1.165) is 12.1 Å². The monoisotopic (exact) mass is 435 g/mol. The van der Waals surface area contributed by atoms with Gasteiger partial charge >= 0.3 is 0 Å². The minimum absolute atomic E-state index is 0. The molecule has 0 unspecified atom stereocenters. The molecule has 0 saturated carbocycles. The molecule has 2 aliphatic rings. The largest absolute Gasteiger partial charge is 0.339 e. The van der Waals surface area contributed by atoms with Crippen LogP contribution in [-0.4, -0.2) is 70.7 Å². The third kappa shape index (κ3) is 4.34. The Morgan fingerprint density at radius 1 is 1.13 bits per heavy atom. The fraction of sp³-hybridized carbons (Fsp3) is 0.476. The second kappa shape index (κ2) is 9.14. The topological polar surface area (TPSA) is 70.5 Å². The van der Waals surface area contributed by atoms with Crippen LogP contribution in [0.15, 0.2) is 30.6 Å². The van der Waals surface area contributed by atoms with Crippen molar-refractivity contribution in [3.05, 3.63) is 53.1 Å². The van der Waals surface area contributed by atoms with Crippen LogP contribution in [0, 0.1) is 18.7 Å². The van der Waals surface area contributed by atoms with Gasteiger partial charge in [-0.05, 0) is 30.2 Å². The van der Waals surface area contributed by atoms with E-state index in [9.17, 15) is 14.0 Å². The molecule has 30 heavy (non-hydrogen) atoms.